The second kappa shape index (κ2) is 13.3. The molecule has 0 radical (unpaired) electrons. The third-order valence-corrected chi connectivity index (χ3v) is 9.26. The van der Waals surface area contributed by atoms with E-state index in [4.69, 9.17) is 9.47 Å². The van der Waals surface area contributed by atoms with E-state index < -0.39 is 90.2 Å². The molecule has 6 rings (SSSR count). The van der Waals surface area contributed by atoms with Crippen molar-refractivity contribution in [3.8, 4) is 22.5 Å². The monoisotopic (exact) mass is 666 g/mol. The summed E-state index contributed by atoms with van der Waals surface area (Å²) in [6.45, 7) is -1.34. The summed E-state index contributed by atoms with van der Waals surface area (Å²) in [5.41, 5.74) is -1.62. The van der Waals surface area contributed by atoms with Gasteiger partial charge in [-0.3, -0.25) is 0 Å². The number of halogens is 3. The minimum absolute atomic E-state index is 0.107. The van der Waals surface area contributed by atoms with Gasteiger partial charge < -0.3 is 40.1 Å². The van der Waals surface area contributed by atoms with Crippen LogP contribution in [0.25, 0.3) is 22.5 Å². The summed E-state index contributed by atoms with van der Waals surface area (Å²) in [7, 11) is 0. The molecule has 2 aromatic heterocycles. The molecule has 0 spiro atoms. The van der Waals surface area contributed by atoms with Crippen molar-refractivity contribution in [3.63, 3.8) is 0 Å². The van der Waals surface area contributed by atoms with Gasteiger partial charge in [0.25, 0.3) is 0 Å². The smallest absolute Gasteiger partial charge is 0.194 e. The zero-order valence-electron chi connectivity index (χ0n) is 23.6. The highest BCUT2D eigenvalue weighted by molar-refractivity contribution is 8.00. The van der Waals surface area contributed by atoms with Crippen LogP contribution in [0.1, 0.15) is 12.1 Å². The van der Waals surface area contributed by atoms with Crippen LogP contribution in [0.2, 0.25) is 0 Å². The Hall–Kier alpha value is -3.46. The fourth-order valence-electron chi connectivity index (χ4n) is 5.54. The van der Waals surface area contributed by atoms with Gasteiger partial charge in [0, 0.05) is 11.1 Å². The Morgan fingerprint density at radius 3 is 1.59 bits per heavy atom. The number of aliphatic hydroxyl groups excluding tert-OH is 6. The first kappa shape index (κ1) is 32.5. The summed E-state index contributed by atoms with van der Waals surface area (Å²) in [5, 5.41) is 80.5. The quantitative estimate of drug-likeness (QED) is 0.138. The van der Waals surface area contributed by atoms with Crippen molar-refractivity contribution in [2.75, 3.05) is 13.2 Å². The first-order valence-electron chi connectivity index (χ1n) is 14.1. The minimum atomic E-state index is -1.66. The van der Waals surface area contributed by atoms with E-state index in [0.717, 1.165) is 22.0 Å². The fraction of sp³-hybridized carbons (Fsp3) is 0.429. The van der Waals surface area contributed by atoms with E-state index in [2.05, 4.69) is 20.6 Å². The molecule has 18 heteroatoms. The first-order valence-corrected chi connectivity index (χ1v) is 15.0. The maximum atomic E-state index is 13.8. The van der Waals surface area contributed by atoms with Crippen molar-refractivity contribution >= 4 is 11.8 Å². The van der Waals surface area contributed by atoms with Gasteiger partial charge in [0.1, 0.15) is 71.0 Å². The minimum Gasteiger partial charge on any atom is -0.394 e. The normalized spacial score (nSPS) is 31.7. The number of aromatic nitrogens is 6. The Kier molecular flexibility index (Phi) is 9.42. The lowest BCUT2D eigenvalue weighted by Crippen LogP contribution is -2.58. The number of hydrogen-bond acceptors (Lipinski definition) is 13. The van der Waals surface area contributed by atoms with Crippen molar-refractivity contribution in [2.24, 2.45) is 0 Å². The van der Waals surface area contributed by atoms with Crippen molar-refractivity contribution in [2.45, 2.75) is 59.6 Å². The van der Waals surface area contributed by atoms with Crippen LogP contribution in [-0.2, 0) is 9.47 Å². The Morgan fingerprint density at radius 2 is 1.13 bits per heavy atom. The summed E-state index contributed by atoms with van der Waals surface area (Å²) in [6.07, 6.45) is -5.87. The molecule has 6 N–H and O–H groups in total. The Morgan fingerprint density at radius 1 is 0.674 bits per heavy atom. The van der Waals surface area contributed by atoms with E-state index >= 15 is 0 Å². The standard InChI is InChI=1S/C28H29F3N6O8S/c29-14-6-13(7-15(30)20(14)31)17-9-37(35-33-17)22-24(41)19(11-39)45-28(26(22)43)46-27-25(42)21(23(40)18(10-38)44-27)36-8-16(32-34-36)12-4-2-1-3-5-12/h1-9,18-19,21-28,38-43H,10-11H2/t18-,19?,21?,22+,23?,24+,25-,26?,27?,28+/m1/s1. The predicted octanol–water partition coefficient (Wildman–Crippen LogP) is 0.0145. The van der Waals surface area contributed by atoms with Crippen molar-refractivity contribution < 1.29 is 53.3 Å². The van der Waals surface area contributed by atoms with E-state index in [-0.39, 0.29) is 11.3 Å². The third-order valence-electron chi connectivity index (χ3n) is 7.95. The first-order chi connectivity index (χ1) is 22.1. The van der Waals surface area contributed by atoms with E-state index in [9.17, 15) is 43.8 Å². The topological polar surface area (TPSA) is 201 Å². The van der Waals surface area contributed by atoms with Gasteiger partial charge in [0.05, 0.1) is 25.6 Å². The van der Waals surface area contributed by atoms with E-state index in [1.165, 1.54) is 17.1 Å². The maximum absolute atomic E-state index is 13.8. The number of hydrogen-bond donors (Lipinski definition) is 6. The molecule has 0 saturated carbocycles. The number of ether oxygens (including phenoxy) is 2. The molecule has 46 heavy (non-hydrogen) atoms. The Bertz CT molecular complexity index is 1630. The largest absolute Gasteiger partial charge is 0.394 e. The summed E-state index contributed by atoms with van der Waals surface area (Å²) in [6, 6.07) is 7.99. The molecule has 4 heterocycles. The number of thioether (sulfide) groups is 1. The van der Waals surface area contributed by atoms with Gasteiger partial charge in [-0.15, -0.1) is 10.2 Å². The van der Waals surface area contributed by atoms with Crippen molar-refractivity contribution in [1.82, 2.24) is 30.0 Å². The van der Waals surface area contributed by atoms with Crippen LogP contribution in [0.5, 0.6) is 0 Å². The number of nitrogens with zero attached hydrogens (tertiary/aromatic N) is 6. The highest BCUT2D eigenvalue weighted by Crippen LogP contribution is 2.42. The third kappa shape index (κ3) is 6.03. The molecule has 0 aliphatic carbocycles. The van der Waals surface area contributed by atoms with Crippen LogP contribution in [0, 0.1) is 17.5 Å². The molecule has 0 amide bonds. The molecule has 5 unspecified atom stereocenters. The summed E-state index contributed by atoms with van der Waals surface area (Å²) >= 11 is 0.756. The molecule has 2 aliphatic heterocycles. The van der Waals surface area contributed by atoms with Gasteiger partial charge in [-0.05, 0) is 12.1 Å². The molecule has 2 aromatic carbocycles. The number of aliphatic hydroxyl groups is 6. The zero-order valence-corrected chi connectivity index (χ0v) is 24.4. The summed E-state index contributed by atoms with van der Waals surface area (Å²) < 4.78 is 55.0. The molecule has 0 bridgehead atoms. The van der Waals surface area contributed by atoms with E-state index in [1.807, 2.05) is 18.2 Å². The second-order valence-electron chi connectivity index (χ2n) is 10.8. The van der Waals surface area contributed by atoms with Crippen LogP contribution in [0.4, 0.5) is 13.2 Å². The Balaban J connectivity index is 1.25. The van der Waals surface area contributed by atoms with E-state index in [0.29, 0.717) is 17.8 Å². The molecule has 2 saturated heterocycles. The van der Waals surface area contributed by atoms with Crippen molar-refractivity contribution in [1.29, 1.82) is 0 Å². The second-order valence-corrected chi connectivity index (χ2v) is 12.0. The predicted molar refractivity (Wildman–Crippen MR) is 152 cm³/mol. The summed E-state index contributed by atoms with van der Waals surface area (Å²) in [4.78, 5) is 0. The maximum Gasteiger partial charge on any atom is 0.194 e. The van der Waals surface area contributed by atoms with Gasteiger partial charge in [-0.1, -0.05) is 52.5 Å². The fourth-order valence-corrected chi connectivity index (χ4v) is 6.86. The molecule has 2 fully saturated rings. The highest BCUT2D eigenvalue weighted by atomic mass is 32.2. The molecule has 2 aliphatic rings. The van der Waals surface area contributed by atoms with Crippen LogP contribution in [-0.4, -0.2) is 121 Å². The lowest BCUT2D eigenvalue weighted by molar-refractivity contribution is -0.189. The van der Waals surface area contributed by atoms with E-state index in [1.54, 1.807) is 12.1 Å². The Labute approximate surface area is 262 Å². The van der Waals surface area contributed by atoms with Gasteiger partial charge >= 0.3 is 0 Å². The molecular weight excluding hydrogens is 637 g/mol. The van der Waals surface area contributed by atoms with Gasteiger partial charge in [-0.25, -0.2) is 22.5 Å². The number of rotatable bonds is 8. The van der Waals surface area contributed by atoms with Gasteiger partial charge in [0.2, 0.25) is 0 Å². The van der Waals surface area contributed by atoms with Crippen LogP contribution in [0.15, 0.2) is 54.9 Å². The average molecular weight is 667 g/mol. The van der Waals surface area contributed by atoms with Crippen molar-refractivity contribution in [3.05, 3.63) is 72.3 Å². The molecule has 14 nitrogen and oxygen atoms in total. The van der Waals surface area contributed by atoms with Crippen LogP contribution in [0.3, 0.4) is 0 Å². The highest BCUT2D eigenvalue weighted by Gasteiger charge is 2.51. The molecule has 4 aromatic rings. The lowest BCUT2D eigenvalue weighted by atomic mass is 9.97. The zero-order chi connectivity index (χ0) is 32.7. The molecular formula is C28H29F3N6O8S. The molecule has 10 atom stereocenters. The molecule has 246 valence electrons. The SMILES string of the molecule is OCC1O[C@@H](SC2O[C@H](CO)C(O)C(n3cc(-c4ccccc4)nn3)[C@H]2O)C(O)[C@@H](n2cc(-c3cc(F)c(F)c(F)c3)nn2)[C@H]1O. The van der Waals surface area contributed by atoms with Gasteiger partial charge in [0.15, 0.2) is 17.5 Å². The van der Waals surface area contributed by atoms with Crippen LogP contribution >= 0.6 is 11.8 Å². The summed E-state index contributed by atoms with van der Waals surface area (Å²) in [5.74, 6) is -4.57. The van der Waals surface area contributed by atoms with Crippen LogP contribution < -0.4 is 0 Å². The van der Waals surface area contributed by atoms with Gasteiger partial charge in [-0.2, -0.15) is 0 Å². The lowest BCUT2D eigenvalue weighted by Gasteiger charge is -2.46. The number of benzene rings is 2. The average Bonchev–Trinajstić information content (AvgIpc) is 3.74.